The number of carbonyl (C=O) groups is 2. The molecular weight excluding hydrogens is 260 g/mol. The number of rotatable bonds is 6. The molecule has 2 heterocycles. The van der Waals surface area contributed by atoms with Crippen LogP contribution in [-0.2, 0) is 11.3 Å². The highest BCUT2D eigenvalue weighted by Crippen LogP contribution is 2.23. The van der Waals surface area contributed by atoms with Gasteiger partial charge in [-0.3, -0.25) is 9.59 Å². The normalized spacial score (nSPS) is 18.4. The van der Waals surface area contributed by atoms with Gasteiger partial charge in [0.25, 0.3) is 5.91 Å². The molecule has 0 radical (unpaired) electrons. The van der Waals surface area contributed by atoms with E-state index in [9.17, 15) is 9.59 Å². The van der Waals surface area contributed by atoms with Gasteiger partial charge in [0, 0.05) is 25.4 Å². The standard InChI is InChI=1S/C14H20N2O4/c17-9-3-5-11-4-1-8-16(11)14(20)12-6-2-7-15(12)10-13(18)19/h2,6-7,11,17H,1,3-5,8-10H2,(H,18,19). The van der Waals surface area contributed by atoms with Crippen molar-refractivity contribution in [3.8, 4) is 0 Å². The van der Waals surface area contributed by atoms with Gasteiger partial charge in [0.15, 0.2) is 0 Å². The third kappa shape index (κ3) is 3.19. The SMILES string of the molecule is O=C(O)Cn1cccc1C(=O)N1CCCC1CCCO. The van der Waals surface area contributed by atoms with Crippen molar-refractivity contribution >= 4 is 11.9 Å². The van der Waals surface area contributed by atoms with E-state index in [1.54, 1.807) is 18.3 Å². The number of aromatic nitrogens is 1. The van der Waals surface area contributed by atoms with Crippen molar-refractivity contribution in [2.75, 3.05) is 13.2 Å². The summed E-state index contributed by atoms with van der Waals surface area (Å²) in [7, 11) is 0. The van der Waals surface area contributed by atoms with Crippen LogP contribution in [0.5, 0.6) is 0 Å². The van der Waals surface area contributed by atoms with Crippen molar-refractivity contribution in [1.29, 1.82) is 0 Å². The van der Waals surface area contributed by atoms with Crippen LogP contribution < -0.4 is 0 Å². The van der Waals surface area contributed by atoms with E-state index < -0.39 is 5.97 Å². The van der Waals surface area contributed by atoms with Crippen LogP contribution in [0.3, 0.4) is 0 Å². The lowest BCUT2D eigenvalue weighted by atomic mass is 10.1. The summed E-state index contributed by atoms with van der Waals surface area (Å²) in [5.74, 6) is -1.08. The summed E-state index contributed by atoms with van der Waals surface area (Å²) >= 11 is 0. The van der Waals surface area contributed by atoms with E-state index >= 15 is 0 Å². The molecule has 1 aliphatic rings. The van der Waals surface area contributed by atoms with Crippen LogP contribution in [0.1, 0.15) is 36.2 Å². The van der Waals surface area contributed by atoms with Crippen LogP contribution in [0, 0.1) is 0 Å². The molecule has 1 aliphatic heterocycles. The first-order valence-corrected chi connectivity index (χ1v) is 6.92. The average molecular weight is 280 g/mol. The minimum atomic E-state index is -0.964. The Morgan fingerprint density at radius 2 is 2.20 bits per heavy atom. The van der Waals surface area contributed by atoms with Gasteiger partial charge in [0.1, 0.15) is 12.2 Å². The van der Waals surface area contributed by atoms with Crippen molar-refractivity contribution in [2.45, 2.75) is 38.3 Å². The van der Waals surface area contributed by atoms with Gasteiger partial charge in [0.05, 0.1) is 0 Å². The van der Waals surface area contributed by atoms with E-state index in [0.29, 0.717) is 18.7 Å². The zero-order valence-electron chi connectivity index (χ0n) is 11.4. The minimum Gasteiger partial charge on any atom is -0.480 e. The molecule has 1 atom stereocenters. The summed E-state index contributed by atoms with van der Waals surface area (Å²) in [5, 5.41) is 17.8. The van der Waals surface area contributed by atoms with E-state index in [1.807, 2.05) is 4.90 Å². The van der Waals surface area contributed by atoms with E-state index in [2.05, 4.69) is 0 Å². The second-order valence-electron chi connectivity index (χ2n) is 5.08. The molecule has 2 rings (SSSR count). The summed E-state index contributed by atoms with van der Waals surface area (Å²) in [6, 6.07) is 3.50. The molecule has 0 spiro atoms. The molecule has 1 aromatic rings. The maximum atomic E-state index is 12.5. The number of aliphatic carboxylic acids is 1. The molecule has 1 saturated heterocycles. The molecular formula is C14H20N2O4. The molecule has 1 aromatic heterocycles. The first-order chi connectivity index (χ1) is 9.63. The molecule has 0 bridgehead atoms. The lowest BCUT2D eigenvalue weighted by molar-refractivity contribution is -0.137. The second-order valence-corrected chi connectivity index (χ2v) is 5.08. The molecule has 1 unspecified atom stereocenters. The number of aliphatic hydroxyl groups is 1. The van der Waals surface area contributed by atoms with Crippen LogP contribution >= 0.6 is 0 Å². The number of carboxylic acids is 1. The van der Waals surface area contributed by atoms with Crippen molar-refractivity contribution < 1.29 is 19.8 Å². The van der Waals surface area contributed by atoms with Crippen LogP contribution in [0.15, 0.2) is 18.3 Å². The van der Waals surface area contributed by atoms with Crippen molar-refractivity contribution in [3.63, 3.8) is 0 Å². The Labute approximate surface area is 117 Å². The average Bonchev–Trinajstić information content (AvgIpc) is 3.03. The summed E-state index contributed by atoms with van der Waals surface area (Å²) in [4.78, 5) is 25.1. The fourth-order valence-corrected chi connectivity index (χ4v) is 2.77. The number of aliphatic hydroxyl groups excluding tert-OH is 1. The molecule has 6 heteroatoms. The summed E-state index contributed by atoms with van der Waals surface area (Å²) in [6.45, 7) is 0.629. The van der Waals surface area contributed by atoms with Gasteiger partial charge >= 0.3 is 5.97 Å². The molecule has 6 nitrogen and oxygen atoms in total. The van der Waals surface area contributed by atoms with Crippen molar-refractivity contribution in [1.82, 2.24) is 9.47 Å². The molecule has 0 saturated carbocycles. The van der Waals surface area contributed by atoms with E-state index in [1.165, 1.54) is 4.57 Å². The molecule has 2 N–H and O–H groups in total. The number of hydrogen-bond acceptors (Lipinski definition) is 3. The Bertz CT molecular complexity index is 483. The van der Waals surface area contributed by atoms with Crippen molar-refractivity contribution in [3.05, 3.63) is 24.0 Å². The largest absolute Gasteiger partial charge is 0.480 e. The number of hydrogen-bond donors (Lipinski definition) is 2. The predicted octanol–water partition coefficient (Wildman–Crippen LogP) is 0.950. The molecule has 1 fully saturated rings. The summed E-state index contributed by atoms with van der Waals surface area (Å²) < 4.78 is 1.46. The predicted molar refractivity (Wildman–Crippen MR) is 72.4 cm³/mol. The van der Waals surface area contributed by atoms with Crippen LogP contribution in [0.4, 0.5) is 0 Å². The fourth-order valence-electron chi connectivity index (χ4n) is 2.77. The molecule has 20 heavy (non-hydrogen) atoms. The zero-order chi connectivity index (χ0) is 14.5. The van der Waals surface area contributed by atoms with Gasteiger partial charge in [0.2, 0.25) is 0 Å². The molecule has 1 amide bonds. The maximum absolute atomic E-state index is 12.5. The highest BCUT2D eigenvalue weighted by atomic mass is 16.4. The van der Waals surface area contributed by atoms with Gasteiger partial charge in [-0.25, -0.2) is 0 Å². The van der Waals surface area contributed by atoms with Gasteiger partial charge in [-0.05, 0) is 37.8 Å². The van der Waals surface area contributed by atoms with Crippen molar-refractivity contribution in [2.24, 2.45) is 0 Å². The lowest BCUT2D eigenvalue weighted by Gasteiger charge is -2.25. The number of carboxylic acid groups (broad SMARTS) is 1. The first kappa shape index (κ1) is 14.6. The Balaban J connectivity index is 2.10. The van der Waals surface area contributed by atoms with Crippen LogP contribution in [-0.4, -0.2) is 50.8 Å². The topological polar surface area (TPSA) is 82.8 Å². The smallest absolute Gasteiger partial charge is 0.323 e. The second kappa shape index (κ2) is 6.56. The maximum Gasteiger partial charge on any atom is 0.323 e. The first-order valence-electron chi connectivity index (χ1n) is 6.92. The van der Waals surface area contributed by atoms with Gasteiger partial charge < -0.3 is 19.7 Å². The van der Waals surface area contributed by atoms with E-state index in [0.717, 1.165) is 19.3 Å². The Hall–Kier alpha value is -1.82. The third-order valence-corrected chi connectivity index (χ3v) is 3.69. The van der Waals surface area contributed by atoms with E-state index in [-0.39, 0.29) is 25.1 Å². The number of likely N-dealkylation sites (tertiary alicyclic amines) is 1. The molecule has 110 valence electrons. The highest BCUT2D eigenvalue weighted by Gasteiger charge is 2.30. The van der Waals surface area contributed by atoms with Gasteiger partial charge in [-0.15, -0.1) is 0 Å². The molecule has 0 aliphatic carbocycles. The minimum absolute atomic E-state index is 0.114. The number of amides is 1. The fraction of sp³-hybridized carbons (Fsp3) is 0.571. The Morgan fingerprint density at radius 1 is 1.40 bits per heavy atom. The number of nitrogens with zero attached hydrogens (tertiary/aromatic N) is 2. The Kier molecular flexibility index (Phi) is 4.79. The number of carbonyl (C=O) groups excluding carboxylic acids is 1. The van der Waals surface area contributed by atoms with Crippen LogP contribution in [0.2, 0.25) is 0 Å². The zero-order valence-corrected chi connectivity index (χ0v) is 11.4. The van der Waals surface area contributed by atoms with Crippen LogP contribution in [0.25, 0.3) is 0 Å². The summed E-state index contributed by atoms with van der Waals surface area (Å²) in [5.41, 5.74) is 0.420. The van der Waals surface area contributed by atoms with Gasteiger partial charge in [-0.2, -0.15) is 0 Å². The van der Waals surface area contributed by atoms with E-state index in [4.69, 9.17) is 10.2 Å². The summed E-state index contributed by atoms with van der Waals surface area (Å²) in [6.07, 6.45) is 5.00. The monoisotopic (exact) mass is 280 g/mol. The highest BCUT2D eigenvalue weighted by molar-refractivity contribution is 5.93. The molecule has 0 aromatic carbocycles. The lowest BCUT2D eigenvalue weighted by Crippen LogP contribution is -2.37. The quantitative estimate of drug-likeness (QED) is 0.812. The third-order valence-electron chi connectivity index (χ3n) is 3.69. The Morgan fingerprint density at radius 3 is 2.90 bits per heavy atom. The van der Waals surface area contributed by atoms with Gasteiger partial charge in [-0.1, -0.05) is 0 Å².